The number of rotatable bonds is 9. The number of nitrogens with zero attached hydrogens (tertiary/aromatic N) is 4. The van der Waals surface area contributed by atoms with E-state index in [9.17, 15) is 13.2 Å². The summed E-state index contributed by atoms with van der Waals surface area (Å²) in [4.78, 5) is 8.01. The van der Waals surface area contributed by atoms with Crippen molar-refractivity contribution < 1.29 is 26.3 Å². The SMILES string of the molecule is [C-]#[N+]c1ccc(-c2cc(C(F)(F)F)ccc2-n2c3ccccc3c3cc(-c4cc5c6c(c4)N(c4ccc(-c7ccccc7)cc4)c4ccc(-c7ccccc7)cc4B6c4cc(-c6ccccc6)ccc4N5c4ccc(-c5ccccc5)cc4)ccc32)c(C(F)(F)F)c1. The highest BCUT2D eigenvalue weighted by Crippen LogP contribution is 2.50. The Balaban J connectivity index is 0.964. The van der Waals surface area contributed by atoms with E-state index in [1.165, 1.54) is 12.1 Å². The van der Waals surface area contributed by atoms with Gasteiger partial charge in [-0.2, -0.15) is 26.3 Å². The van der Waals surface area contributed by atoms with Crippen LogP contribution in [-0.2, 0) is 12.4 Å². The molecule has 0 N–H and O–H groups in total. The molecule has 2 aliphatic heterocycles. The third-order valence-corrected chi connectivity index (χ3v) is 18.0. The molecule has 0 saturated heterocycles. The molecule has 16 rings (SSSR count). The van der Waals surface area contributed by atoms with Crippen LogP contribution in [0, 0.1) is 6.57 Å². The molecule has 0 atom stereocenters. The van der Waals surface area contributed by atoms with Crippen molar-refractivity contribution in [3.63, 3.8) is 0 Å². The first-order valence-electron chi connectivity index (χ1n) is 30.2. The van der Waals surface area contributed by atoms with Crippen LogP contribution in [0.1, 0.15) is 11.1 Å². The Morgan fingerprint density at radius 3 is 1.25 bits per heavy atom. The Morgan fingerprint density at radius 2 is 0.750 bits per heavy atom. The molecule has 0 bridgehead atoms. The largest absolute Gasteiger partial charge is 0.416 e. The molecule has 438 valence electrons. The number of aromatic nitrogens is 1. The van der Waals surface area contributed by atoms with Crippen molar-refractivity contribution in [2.75, 3.05) is 9.80 Å². The zero-order chi connectivity index (χ0) is 62.4. The molecule has 2 aliphatic rings. The van der Waals surface area contributed by atoms with Crippen LogP contribution >= 0.6 is 0 Å². The van der Waals surface area contributed by atoms with Gasteiger partial charge in [0.25, 0.3) is 6.71 Å². The van der Waals surface area contributed by atoms with Crippen molar-refractivity contribution in [2.24, 2.45) is 0 Å². The molecule has 13 aromatic carbocycles. The van der Waals surface area contributed by atoms with E-state index in [1.807, 2.05) is 84.9 Å². The molecular weight excluding hydrogens is 1150 g/mol. The Hall–Kier alpha value is -11.6. The van der Waals surface area contributed by atoms with E-state index >= 15 is 13.2 Å². The maximum atomic E-state index is 15.1. The smallest absolute Gasteiger partial charge is 0.311 e. The summed E-state index contributed by atoms with van der Waals surface area (Å²) in [6.07, 6.45) is -9.89. The summed E-state index contributed by atoms with van der Waals surface area (Å²) >= 11 is 0. The summed E-state index contributed by atoms with van der Waals surface area (Å²) in [5, 5.41) is 1.47. The van der Waals surface area contributed by atoms with Crippen molar-refractivity contribution in [3.8, 4) is 72.4 Å². The molecule has 0 saturated carbocycles. The molecular formula is C81H49BF6N4. The van der Waals surface area contributed by atoms with Gasteiger partial charge in [0, 0.05) is 50.5 Å². The van der Waals surface area contributed by atoms with Crippen LogP contribution in [-0.4, -0.2) is 11.3 Å². The van der Waals surface area contributed by atoms with Crippen LogP contribution in [0.2, 0.25) is 0 Å². The van der Waals surface area contributed by atoms with Crippen LogP contribution in [0.15, 0.2) is 297 Å². The number of anilines is 6. The second-order valence-electron chi connectivity index (χ2n) is 23.3. The monoisotopic (exact) mass is 1200 g/mol. The first kappa shape index (κ1) is 55.7. The minimum Gasteiger partial charge on any atom is -0.311 e. The lowest BCUT2D eigenvalue weighted by molar-refractivity contribution is -0.137. The summed E-state index contributed by atoms with van der Waals surface area (Å²) < 4.78 is 91.3. The van der Waals surface area contributed by atoms with Gasteiger partial charge in [0.15, 0.2) is 5.69 Å². The second kappa shape index (κ2) is 21.9. The highest BCUT2D eigenvalue weighted by Gasteiger charge is 2.44. The van der Waals surface area contributed by atoms with Crippen LogP contribution in [0.5, 0.6) is 0 Å². The summed E-state index contributed by atoms with van der Waals surface area (Å²) in [6, 6.07) is 96.6. The van der Waals surface area contributed by atoms with E-state index in [2.05, 4.69) is 191 Å². The van der Waals surface area contributed by atoms with Crippen LogP contribution in [0.25, 0.3) is 99.1 Å². The fraction of sp³-hybridized carbons (Fsp3) is 0.0247. The van der Waals surface area contributed by atoms with Crippen LogP contribution in [0.4, 0.5) is 66.2 Å². The van der Waals surface area contributed by atoms with Gasteiger partial charge >= 0.3 is 12.4 Å². The standard InChI is InChI=1S/C81H49BF6N4/c1-89-62-34-39-65(69(50-62)81(86,87)88)68-49-61(80(83,84)85)33-43-74(68)92-72-25-15-14-24-66(72)67-44-57(30-40-73(67)92)60-47-77-79-78(48-60)91(64-37-28-56(29-38-64)52-18-8-3-9-19-52)76-42-32-59(54-22-12-5-13-23-54)46-71(76)82(79)70-45-58(53-20-10-4-11-21-53)31-41-75(70)90(77)63-35-26-55(27-36-63)51-16-6-2-7-17-51/h2-50H. The fourth-order valence-electron chi connectivity index (χ4n) is 13.8. The number of hydrogen-bond acceptors (Lipinski definition) is 2. The molecule has 0 spiro atoms. The molecule has 11 heteroatoms. The summed E-state index contributed by atoms with van der Waals surface area (Å²) in [5.41, 5.74) is 17.4. The van der Waals surface area contributed by atoms with E-state index in [0.29, 0.717) is 17.1 Å². The molecule has 1 aromatic heterocycles. The van der Waals surface area contributed by atoms with Gasteiger partial charge in [-0.15, -0.1) is 0 Å². The lowest BCUT2D eigenvalue weighted by Crippen LogP contribution is -2.61. The molecule has 4 nitrogen and oxygen atoms in total. The minimum absolute atomic E-state index is 0.105. The molecule has 0 aliphatic carbocycles. The molecule has 0 radical (unpaired) electrons. The predicted molar refractivity (Wildman–Crippen MR) is 364 cm³/mol. The Labute approximate surface area is 527 Å². The minimum atomic E-state index is -5.01. The number of alkyl halides is 6. The van der Waals surface area contributed by atoms with Crippen molar-refractivity contribution >= 4 is 84.7 Å². The summed E-state index contributed by atoms with van der Waals surface area (Å²) in [7, 11) is 0. The Morgan fingerprint density at radius 1 is 0.315 bits per heavy atom. The number of fused-ring (bicyclic) bond motifs is 7. The first-order valence-corrected chi connectivity index (χ1v) is 30.2. The normalized spacial score (nSPS) is 12.6. The quantitative estimate of drug-likeness (QED) is 0.0813. The zero-order valence-corrected chi connectivity index (χ0v) is 48.9. The summed E-state index contributed by atoms with van der Waals surface area (Å²) in [6.45, 7) is 7.25. The predicted octanol–water partition coefficient (Wildman–Crippen LogP) is 21.5. The summed E-state index contributed by atoms with van der Waals surface area (Å²) in [5.74, 6) is 0. The molecule has 0 amide bonds. The topological polar surface area (TPSA) is 15.8 Å². The van der Waals surface area contributed by atoms with E-state index < -0.39 is 29.0 Å². The first-order chi connectivity index (χ1) is 44.8. The molecule has 92 heavy (non-hydrogen) atoms. The number of hydrogen-bond donors (Lipinski definition) is 0. The van der Waals surface area contributed by atoms with E-state index in [0.717, 1.165) is 135 Å². The van der Waals surface area contributed by atoms with Crippen molar-refractivity contribution in [1.29, 1.82) is 0 Å². The van der Waals surface area contributed by atoms with Crippen LogP contribution in [0.3, 0.4) is 0 Å². The van der Waals surface area contributed by atoms with Crippen LogP contribution < -0.4 is 26.2 Å². The number of halogens is 6. The third kappa shape index (κ3) is 9.49. The molecule has 14 aromatic rings. The van der Waals surface area contributed by atoms with Gasteiger partial charge in [-0.25, -0.2) is 4.85 Å². The van der Waals surface area contributed by atoms with Gasteiger partial charge in [-0.1, -0.05) is 206 Å². The van der Waals surface area contributed by atoms with Gasteiger partial charge in [0.05, 0.1) is 34.4 Å². The van der Waals surface area contributed by atoms with Gasteiger partial charge in [0.1, 0.15) is 0 Å². The van der Waals surface area contributed by atoms with E-state index in [1.54, 1.807) is 4.57 Å². The van der Waals surface area contributed by atoms with E-state index in [4.69, 9.17) is 6.57 Å². The van der Waals surface area contributed by atoms with Crippen molar-refractivity contribution in [3.05, 3.63) is 320 Å². The average Bonchev–Trinajstić information content (AvgIpc) is 0.758. The fourth-order valence-corrected chi connectivity index (χ4v) is 13.8. The average molecular weight is 1200 g/mol. The highest BCUT2D eigenvalue weighted by atomic mass is 19.4. The lowest BCUT2D eigenvalue weighted by Gasteiger charge is -2.44. The number of para-hydroxylation sites is 1. The Bertz CT molecular complexity index is 5060. The van der Waals surface area contributed by atoms with Gasteiger partial charge < -0.3 is 14.4 Å². The number of benzene rings is 13. The maximum Gasteiger partial charge on any atom is 0.416 e. The van der Waals surface area contributed by atoms with Gasteiger partial charge in [0.2, 0.25) is 0 Å². The maximum absolute atomic E-state index is 15.1. The van der Waals surface area contributed by atoms with E-state index in [-0.39, 0.29) is 23.7 Å². The third-order valence-electron chi connectivity index (χ3n) is 18.0. The highest BCUT2D eigenvalue weighted by molar-refractivity contribution is 7.00. The van der Waals surface area contributed by atoms with Crippen molar-refractivity contribution in [2.45, 2.75) is 12.4 Å². The zero-order valence-electron chi connectivity index (χ0n) is 48.9. The Kier molecular flexibility index (Phi) is 13.2. The lowest BCUT2D eigenvalue weighted by atomic mass is 9.33. The van der Waals surface area contributed by atoms with Gasteiger partial charge in [-0.05, 0) is 169 Å². The molecule has 0 unspecified atom stereocenters. The van der Waals surface area contributed by atoms with Gasteiger partial charge in [-0.3, -0.25) is 0 Å². The second-order valence-corrected chi connectivity index (χ2v) is 23.3. The van der Waals surface area contributed by atoms with Crippen molar-refractivity contribution in [1.82, 2.24) is 4.57 Å². The molecule has 0 fully saturated rings. The molecule has 3 heterocycles.